The normalized spacial score (nSPS) is 23.5. The molecule has 1 unspecified atom stereocenters. The van der Waals surface area contributed by atoms with Crippen molar-refractivity contribution < 1.29 is 23.7 Å². The van der Waals surface area contributed by atoms with Crippen molar-refractivity contribution >= 4 is 0 Å². The quantitative estimate of drug-likeness (QED) is 0.268. The third-order valence-corrected chi connectivity index (χ3v) is 6.57. The molecule has 2 saturated heterocycles. The Hall–Kier alpha value is -1.14. The Morgan fingerprint density at radius 3 is 2.33 bits per heavy atom. The molecule has 3 rings (SSSR count). The minimum absolute atomic E-state index is 0.160. The average Bonchev–Trinajstić information content (AvgIpc) is 3.19. The second-order valence-electron chi connectivity index (χ2n) is 10.0. The average molecular weight is 463 g/mol. The Morgan fingerprint density at radius 2 is 1.70 bits per heavy atom. The number of aryl methyl sites for hydroxylation is 1. The number of hydrogen-bond donors (Lipinski definition) is 0. The van der Waals surface area contributed by atoms with E-state index in [0.717, 1.165) is 38.0 Å². The summed E-state index contributed by atoms with van der Waals surface area (Å²) in [6.45, 7) is 7.83. The first-order valence-electron chi connectivity index (χ1n) is 13.4. The molecule has 2 aliphatic rings. The van der Waals surface area contributed by atoms with E-state index in [4.69, 9.17) is 23.7 Å². The molecular weight excluding hydrogens is 416 g/mol. The molecule has 0 aliphatic carbocycles. The fourth-order valence-electron chi connectivity index (χ4n) is 4.54. The second kappa shape index (κ2) is 14.3. The van der Waals surface area contributed by atoms with Gasteiger partial charge < -0.3 is 23.7 Å². The molecule has 2 heterocycles. The zero-order valence-corrected chi connectivity index (χ0v) is 21.2. The molecule has 1 aromatic carbocycles. The van der Waals surface area contributed by atoms with Gasteiger partial charge in [-0.05, 0) is 63.6 Å². The maximum Gasteiger partial charge on any atom is 0.163 e. The van der Waals surface area contributed by atoms with Crippen LogP contribution in [0.15, 0.2) is 24.3 Å². The molecule has 0 amide bonds. The van der Waals surface area contributed by atoms with Gasteiger partial charge in [0.15, 0.2) is 12.1 Å². The minimum atomic E-state index is -0.586. The second-order valence-corrected chi connectivity index (χ2v) is 10.0. The van der Waals surface area contributed by atoms with Crippen LogP contribution in [0.3, 0.4) is 0 Å². The molecule has 0 N–H and O–H groups in total. The van der Waals surface area contributed by atoms with Crippen LogP contribution >= 0.6 is 0 Å². The van der Waals surface area contributed by atoms with Gasteiger partial charge >= 0.3 is 0 Å². The highest BCUT2D eigenvalue weighted by Gasteiger charge is 2.39. The fraction of sp³-hybridized carbons (Fsp3) is 0.786. The van der Waals surface area contributed by atoms with Crippen molar-refractivity contribution in [3.05, 3.63) is 29.8 Å². The molecule has 0 radical (unpaired) electrons. The van der Waals surface area contributed by atoms with Crippen LogP contribution in [0, 0.1) is 0 Å². The summed E-state index contributed by atoms with van der Waals surface area (Å²) in [7, 11) is 0. The monoisotopic (exact) mass is 462 g/mol. The Labute approximate surface area is 201 Å². The third-order valence-electron chi connectivity index (χ3n) is 6.57. The van der Waals surface area contributed by atoms with E-state index in [1.54, 1.807) is 0 Å². The Morgan fingerprint density at radius 1 is 0.970 bits per heavy atom. The highest BCUT2D eigenvalue weighted by atomic mass is 16.8. The smallest absolute Gasteiger partial charge is 0.163 e. The third kappa shape index (κ3) is 9.94. The number of rotatable bonds is 15. The molecule has 0 spiro atoms. The molecular formula is C28H46O5. The summed E-state index contributed by atoms with van der Waals surface area (Å²) < 4.78 is 30.0. The largest absolute Gasteiger partial charge is 0.491 e. The maximum atomic E-state index is 6.27. The summed E-state index contributed by atoms with van der Waals surface area (Å²) >= 11 is 0. The summed E-state index contributed by atoms with van der Waals surface area (Å²) in [5.41, 5.74) is 1.38. The lowest BCUT2D eigenvalue weighted by molar-refractivity contribution is -0.223. The van der Waals surface area contributed by atoms with Gasteiger partial charge in [0.25, 0.3) is 0 Å². The van der Waals surface area contributed by atoms with Crippen LogP contribution in [0.5, 0.6) is 5.75 Å². The van der Waals surface area contributed by atoms with Crippen LogP contribution in [0.25, 0.3) is 0 Å². The van der Waals surface area contributed by atoms with Crippen molar-refractivity contribution in [3.63, 3.8) is 0 Å². The number of ether oxygens (including phenoxy) is 5. The molecule has 33 heavy (non-hydrogen) atoms. The maximum absolute atomic E-state index is 6.27. The predicted octanol–water partition coefficient (Wildman–Crippen LogP) is 6.81. The van der Waals surface area contributed by atoms with Crippen LogP contribution in [0.2, 0.25) is 0 Å². The SMILES string of the molecule is CCCCCCCCCCc1ccc(OC[C@H](OC2CCCCO2)[C@@H]2COC(C)(C)O2)cc1. The summed E-state index contributed by atoms with van der Waals surface area (Å²) in [6.07, 6.45) is 14.5. The van der Waals surface area contributed by atoms with Crippen LogP contribution in [0.1, 0.15) is 97.0 Å². The molecule has 0 saturated carbocycles. The van der Waals surface area contributed by atoms with Crippen molar-refractivity contribution in [2.24, 2.45) is 0 Å². The van der Waals surface area contributed by atoms with Gasteiger partial charge in [-0.3, -0.25) is 0 Å². The van der Waals surface area contributed by atoms with Gasteiger partial charge in [-0.1, -0.05) is 64.0 Å². The van der Waals surface area contributed by atoms with E-state index in [1.807, 2.05) is 13.8 Å². The fourth-order valence-corrected chi connectivity index (χ4v) is 4.54. The molecule has 5 heteroatoms. The van der Waals surface area contributed by atoms with Crippen LogP contribution < -0.4 is 4.74 Å². The predicted molar refractivity (Wildman–Crippen MR) is 132 cm³/mol. The van der Waals surface area contributed by atoms with E-state index in [0.29, 0.717) is 13.2 Å². The van der Waals surface area contributed by atoms with Crippen molar-refractivity contribution in [1.29, 1.82) is 0 Å². The highest BCUT2D eigenvalue weighted by Crippen LogP contribution is 2.28. The molecule has 2 aliphatic heterocycles. The topological polar surface area (TPSA) is 46.2 Å². The first-order chi connectivity index (χ1) is 16.1. The van der Waals surface area contributed by atoms with Gasteiger partial charge in [0.1, 0.15) is 24.6 Å². The summed E-state index contributed by atoms with van der Waals surface area (Å²) in [6, 6.07) is 8.53. The highest BCUT2D eigenvalue weighted by molar-refractivity contribution is 5.27. The van der Waals surface area contributed by atoms with Crippen LogP contribution in [0.4, 0.5) is 0 Å². The molecule has 0 aromatic heterocycles. The van der Waals surface area contributed by atoms with E-state index in [-0.39, 0.29) is 18.5 Å². The van der Waals surface area contributed by atoms with E-state index in [2.05, 4.69) is 31.2 Å². The van der Waals surface area contributed by atoms with E-state index in [9.17, 15) is 0 Å². The van der Waals surface area contributed by atoms with Gasteiger partial charge in [0.2, 0.25) is 0 Å². The molecule has 5 nitrogen and oxygen atoms in total. The van der Waals surface area contributed by atoms with Gasteiger partial charge in [-0.2, -0.15) is 0 Å². The van der Waals surface area contributed by atoms with Crippen LogP contribution in [-0.2, 0) is 25.4 Å². The molecule has 2 fully saturated rings. The summed E-state index contributed by atoms with van der Waals surface area (Å²) in [5.74, 6) is 0.280. The molecule has 188 valence electrons. The van der Waals surface area contributed by atoms with E-state index in [1.165, 1.54) is 56.9 Å². The van der Waals surface area contributed by atoms with Crippen LogP contribution in [-0.4, -0.2) is 44.1 Å². The lowest BCUT2D eigenvalue weighted by atomic mass is 10.0. The Balaban J connectivity index is 1.40. The van der Waals surface area contributed by atoms with Crippen molar-refractivity contribution in [1.82, 2.24) is 0 Å². The first-order valence-corrected chi connectivity index (χ1v) is 13.4. The summed E-state index contributed by atoms with van der Waals surface area (Å²) in [4.78, 5) is 0. The zero-order chi connectivity index (χ0) is 23.4. The van der Waals surface area contributed by atoms with E-state index >= 15 is 0 Å². The lowest BCUT2D eigenvalue weighted by Gasteiger charge is -2.30. The van der Waals surface area contributed by atoms with Crippen molar-refractivity contribution in [2.75, 3.05) is 19.8 Å². The zero-order valence-electron chi connectivity index (χ0n) is 21.2. The van der Waals surface area contributed by atoms with E-state index < -0.39 is 5.79 Å². The Bertz CT molecular complexity index is 638. The standard InChI is InChI=1S/C28H46O5/c1-4-5-6-7-8-9-10-11-14-23-16-18-24(19-17-23)30-21-25(26-22-31-28(2,3)33-26)32-27-15-12-13-20-29-27/h16-19,25-27H,4-15,20-22H2,1-3H3/t25-,26-,27?/m0/s1. The van der Waals surface area contributed by atoms with Gasteiger partial charge in [-0.15, -0.1) is 0 Å². The number of hydrogen-bond acceptors (Lipinski definition) is 5. The lowest BCUT2D eigenvalue weighted by Crippen LogP contribution is -2.41. The molecule has 0 bridgehead atoms. The van der Waals surface area contributed by atoms with Crippen molar-refractivity contribution in [3.8, 4) is 5.75 Å². The van der Waals surface area contributed by atoms with Gasteiger partial charge in [0, 0.05) is 6.61 Å². The first kappa shape index (κ1) is 26.5. The minimum Gasteiger partial charge on any atom is -0.491 e. The number of unbranched alkanes of at least 4 members (excludes halogenated alkanes) is 7. The number of benzene rings is 1. The van der Waals surface area contributed by atoms with Crippen molar-refractivity contribution in [2.45, 2.75) is 122 Å². The van der Waals surface area contributed by atoms with Gasteiger partial charge in [0.05, 0.1) is 6.61 Å². The molecule has 1 aromatic rings. The summed E-state index contributed by atoms with van der Waals surface area (Å²) in [5, 5.41) is 0. The Kier molecular flexibility index (Phi) is 11.5. The molecule has 3 atom stereocenters. The van der Waals surface area contributed by atoms with Gasteiger partial charge in [-0.25, -0.2) is 0 Å².